The van der Waals surface area contributed by atoms with Crippen molar-refractivity contribution in [3.63, 3.8) is 0 Å². The minimum Gasteiger partial charge on any atom is -0.756 e. The number of nitrogens with zero attached hydrogens (tertiary/aromatic N) is 2. The normalized spacial score (nSPS) is 27.3. The number of aromatic nitrogens is 2. The average Bonchev–Trinajstić information content (AvgIpc) is 2.86. The van der Waals surface area contributed by atoms with E-state index in [1.165, 1.54) is 0 Å². The summed E-state index contributed by atoms with van der Waals surface area (Å²) in [6.45, 7) is -1.03. The Kier molecular flexibility index (Phi) is 9.69. The minimum absolute atomic E-state index is 0. The molecule has 1 aliphatic rings. The highest BCUT2D eigenvalue weighted by Crippen LogP contribution is 2.55. The Labute approximate surface area is 182 Å². The topological polar surface area (TPSA) is 249 Å². The molecular weight excluding hydrogens is 478 g/mol. The van der Waals surface area contributed by atoms with Crippen LogP contribution in [0.2, 0.25) is 0 Å². The average molecular weight is 506 g/mol. The predicted octanol–water partition coefficient (Wildman–Crippen LogP) is -2.78. The smallest absolute Gasteiger partial charge is 0.330 e. The second-order valence-corrected chi connectivity index (χ2v) is 10.6. The van der Waals surface area contributed by atoms with Gasteiger partial charge in [-0.3, -0.25) is 23.5 Å². The van der Waals surface area contributed by atoms with Gasteiger partial charge in [-0.1, -0.05) is 0 Å². The van der Waals surface area contributed by atoms with Gasteiger partial charge in [0.15, 0.2) is 6.23 Å². The zero-order valence-electron chi connectivity index (χ0n) is 17.9. The van der Waals surface area contributed by atoms with Crippen LogP contribution in [-0.4, -0.2) is 83.5 Å². The molecular formula is C14H28N4O12P2. The monoisotopic (exact) mass is 506 g/mol. The summed E-state index contributed by atoms with van der Waals surface area (Å²) >= 11 is 0. The van der Waals surface area contributed by atoms with Crippen LogP contribution in [0.4, 0.5) is 0 Å². The zero-order chi connectivity index (χ0) is 23.6. The number of hydrogen-bond acceptors (Lipinski definition) is 12. The first kappa shape index (κ1) is 28.8. The highest BCUT2D eigenvalue weighted by molar-refractivity contribution is 7.59. The van der Waals surface area contributed by atoms with E-state index in [2.05, 4.69) is 13.4 Å². The maximum atomic E-state index is 11.8. The van der Waals surface area contributed by atoms with E-state index in [0.717, 1.165) is 16.8 Å². The van der Waals surface area contributed by atoms with Crippen LogP contribution in [0.1, 0.15) is 6.23 Å². The summed E-state index contributed by atoms with van der Waals surface area (Å²) in [4.78, 5) is 48.4. The third-order valence-electron chi connectivity index (χ3n) is 4.07. The Balaban J connectivity index is 0.00000512. The third kappa shape index (κ3) is 8.26. The van der Waals surface area contributed by atoms with Crippen molar-refractivity contribution in [3.8, 4) is 0 Å². The Hall–Kier alpha value is -1.26. The molecule has 6 atom stereocenters. The van der Waals surface area contributed by atoms with Crippen molar-refractivity contribution in [2.75, 3.05) is 40.9 Å². The number of likely N-dealkylation sites (N-methyl/N-ethyl adjacent to an activating group) is 1. The first-order valence-corrected chi connectivity index (χ1v) is 11.8. The van der Waals surface area contributed by atoms with Crippen molar-refractivity contribution in [1.29, 1.82) is 0 Å². The van der Waals surface area contributed by atoms with E-state index in [-0.39, 0.29) is 19.3 Å². The summed E-state index contributed by atoms with van der Waals surface area (Å²) in [5.74, 6) is 0. The van der Waals surface area contributed by atoms with Crippen LogP contribution in [-0.2, 0) is 27.2 Å². The second-order valence-electron chi connectivity index (χ2n) is 7.68. The van der Waals surface area contributed by atoms with E-state index < -0.39 is 58.0 Å². The molecule has 32 heavy (non-hydrogen) atoms. The number of quaternary nitrogens is 2. The predicted molar refractivity (Wildman–Crippen MR) is 104 cm³/mol. The number of phosphoric acid groups is 2. The largest absolute Gasteiger partial charge is 0.756 e. The number of aromatic amines is 1. The van der Waals surface area contributed by atoms with Crippen molar-refractivity contribution in [2.24, 2.45) is 0 Å². The van der Waals surface area contributed by atoms with Crippen molar-refractivity contribution in [3.05, 3.63) is 33.1 Å². The molecule has 1 aromatic rings. The van der Waals surface area contributed by atoms with Gasteiger partial charge in [-0.15, -0.1) is 0 Å². The van der Waals surface area contributed by atoms with Crippen LogP contribution in [0.25, 0.3) is 0 Å². The lowest BCUT2D eigenvalue weighted by atomic mass is 10.1. The lowest BCUT2D eigenvalue weighted by molar-refractivity contribution is -0.870. The third-order valence-corrected chi connectivity index (χ3v) is 6.64. The van der Waals surface area contributed by atoms with Crippen LogP contribution in [0, 0.1) is 0 Å². The summed E-state index contributed by atoms with van der Waals surface area (Å²) in [7, 11) is -5.41. The molecule has 2 unspecified atom stereocenters. The summed E-state index contributed by atoms with van der Waals surface area (Å²) in [5.41, 5.74) is -1.65. The molecule has 18 heteroatoms. The van der Waals surface area contributed by atoms with Crippen molar-refractivity contribution >= 4 is 15.6 Å². The molecule has 0 saturated carbocycles. The van der Waals surface area contributed by atoms with Gasteiger partial charge >= 0.3 is 5.69 Å². The Bertz CT molecular complexity index is 975. The molecule has 1 aliphatic heterocycles. The van der Waals surface area contributed by atoms with Crippen LogP contribution >= 0.6 is 15.6 Å². The van der Waals surface area contributed by atoms with Crippen molar-refractivity contribution < 1.29 is 51.7 Å². The van der Waals surface area contributed by atoms with E-state index in [9.17, 15) is 38.7 Å². The van der Waals surface area contributed by atoms with E-state index in [4.69, 9.17) is 4.74 Å². The van der Waals surface area contributed by atoms with Crippen LogP contribution in [0.5, 0.6) is 0 Å². The number of H-pyrrole nitrogens is 1. The molecule has 16 nitrogen and oxygen atoms in total. The van der Waals surface area contributed by atoms with Gasteiger partial charge < -0.3 is 44.4 Å². The molecule has 1 fully saturated rings. The molecule has 2 heterocycles. The summed E-state index contributed by atoms with van der Waals surface area (Å²) < 4.78 is 42.7. The zero-order valence-corrected chi connectivity index (χ0v) is 19.6. The van der Waals surface area contributed by atoms with Gasteiger partial charge in [-0.2, -0.15) is 0 Å². The van der Waals surface area contributed by atoms with Gasteiger partial charge in [0.25, 0.3) is 21.2 Å². The highest BCUT2D eigenvalue weighted by atomic mass is 31.3. The van der Waals surface area contributed by atoms with Gasteiger partial charge in [-0.05, 0) is 0 Å². The molecule has 0 aromatic carbocycles. The molecule has 1 saturated heterocycles. The van der Waals surface area contributed by atoms with Crippen molar-refractivity contribution in [2.45, 2.75) is 24.5 Å². The quantitative estimate of drug-likeness (QED) is 0.186. The van der Waals surface area contributed by atoms with E-state index in [1.807, 2.05) is 4.98 Å². The standard InChI is InChI=1S/C14H25N3O12P2.H3N/c1-17(2,3)6-7-26-30(22,23)29-31(24,25)27-8-9-11(19)12(20)13(28-9)16-5-4-10(18)15-14(16)21;/h4-5,9,11-13,19-20H,6-8H2,1-3H3,(H2-,15,18,21,22,23,24,25);1H3/t9-,11-,12-,13-;/m1./s1. The molecule has 2 rings (SSSR count). The van der Waals surface area contributed by atoms with Crippen LogP contribution in [0.3, 0.4) is 0 Å². The van der Waals surface area contributed by atoms with Gasteiger partial charge in [0, 0.05) is 12.3 Å². The molecule has 0 amide bonds. The number of ether oxygens (including phenoxy) is 1. The highest BCUT2D eigenvalue weighted by Gasteiger charge is 2.44. The summed E-state index contributed by atoms with van der Waals surface area (Å²) in [6, 6.07) is 0.970. The number of rotatable bonds is 10. The van der Waals surface area contributed by atoms with Gasteiger partial charge in [0.2, 0.25) is 0 Å². The Morgan fingerprint density at radius 1 is 1.16 bits per heavy atom. The number of hydrogen-bond donors (Lipinski definition) is 4. The lowest BCUT2D eigenvalue weighted by Gasteiger charge is -2.32. The number of nitrogens with one attached hydrogen (secondary N) is 1. The SMILES string of the molecule is C[N+](C)(C)CCOP(=O)([O-])OP(=O)([O-])OC[C@H]1O[C@@H](n2ccc(=O)[nH]c2=O)[C@H](O)[C@@H]1O.[NH4+]. The van der Waals surface area contributed by atoms with Gasteiger partial charge in [-0.25, -0.2) is 9.11 Å². The molecule has 7 N–H and O–H groups in total. The summed E-state index contributed by atoms with van der Waals surface area (Å²) in [6.07, 6.45) is -5.33. The first-order chi connectivity index (χ1) is 14.1. The fourth-order valence-electron chi connectivity index (χ4n) is 2.49. The molecule has 0 aliphatic carbocycles. The van der Waals surface area contributed by atoms with Crippen LogP contribution in [0.15, 0.2) is 21.9 Å². The lowest BCUT2D eigenvalue weighted by Crippen LogP contribution is -2.37. The number of aliphatic hydroxyl groups excluding tert-OH is 2. The molecule has 186 valence electrons. The fourth-order valence-corrected chi connectivity index (χ4v) is 4.48. The van der Waals surface area contributed by atoms with Gasteiger partial charge in [0.05, 0.1) is 27.7 Å². The minimum atomic E-state index is -5.45. The summed E-state index contributed by atoms with van der Waals surface area (Å²) in [5, 5.41) is 20.1. The maximum absolute atomic E-state index is 11.8. The Morgan fingerprint density at radius 3 is 2.31 bits per heavy atom. The Morgan fingerprint density at radius 2 is 1.75 bits per heavy atom. The van der Waals surface area contributed by atoms with E-state index in [1.54, 1.807) is 21.1 Å². The van der Waals surface area contributed by atoms with Gasteiger partial charge in [0.1, 0.15) is 31.5 Å². The van der Waals surface area contributed by atoms with Crippen LogP contribution < -0.4 is 27.2 Å². The number of phosphoric ester groups is 2. The second kappa shape index (κ2) is 10.8. The first-order valence-electron chi connectivity index (χ1n) is 8.86. The number of aliphatic hydroxyl groups is 2. The molecule has 0 bridgehead atoms. The van der Waals surface area contributed by atoms with E-state index in [0.29, 0.717) is 4.48 Å². The molecule has 0 radical (unpaired) electrons. The maximum Gasteiger partial charge on any atom is 0.330 e. The molecule has 0 spiro atoms. The fraction of sp³-hybridized carbons (Fsp3) is 0.714. The van der Waals surface area contributed by atoms with Crippen molar-refractivity contribution in [1.82, 2.24) is 15.7 Å². The van der Waals surface area contributed by atoms with E-state index >= 15 is 0 Å². The molecule has 1 aromatic heterocycles.